The van der Waals surface area contributed by atoms with E-state index < -0.39 is 53.7 Å². The molecule has 2 rings (SSSR count). The number of carbonyl (C=O) groups excluding carboxylic acids is 2. The lowest BCUT2D eigenvalue weighted by Crippen LogP contribution is -2.50. The molecule has 0 aliphatic heterocycles. The first kappa shape index (κ1) is 24.6. The van der Waals surface area contributed by atoms with E-state index in [1.807, 2.05) is 0 Å². The number of nitro groups is 1. The molecule has 2 atom stereocenters. The maximum atomic E-state index is 13.0. The zero-order valence-electron chi connectivity index (χ0n) is 17.5. The second-order valence-corrected chi connectivity index (χ2v) is 7.60. The molecule has 31 heavy (non-hydrogen) atoms. The smallest absolute Gasteiger partial charge is 0.371 e. The van der Waals surface area contributed by atoms with Gasteiger partial charge >= 0.3 is 11.9 Å². The van der Waals surface area contributed by atoms with Crippen molar-refractivity contribution in [3.05, 3.63) is 21.5 Å². The van der Waals surface area contributed by atoms with Crippen molar-refractivity contribution in [2.45, 2.75) is 57.3 Å². The Labute approximate surface area is 176 Å². The summed E-state index contributed by atoms with van der Waals surface area (Å²) < 4.78 is 45.3. The van der Waals surface area contributed by atoms with Crippen molar-refractivity contribution < 1.29 is 32.4 Å². The summed E-state index contributed by atoms with van der Waals surface area (Å²) >= 11 is 0. The highest BCUT2D eigenvalue weighted by molar-refractivity contribution is 5.97. The minimum Gasteiger partial charge on any atom is -0.371 e. The Morgan fingerprint density at radius 2 is 1.97 bits per heavy atom. The summed E-state index contributed by atoms with van der Waals surface area (Å²) in [7, 11) is 2.64. The molecule has 1 saturated carbocycles. The molecule has 0 saturated heterocycles. The molecular weight excluding hydrogens is 423 g/mol. The normalized spacial score (nSPS) is 16.7. The predicted octanol–water partition coefficient (Wildman–Crippen LogP) is 2.01. The number of alkyl halides is 3. The number of aryl methyl sites for hydroxylation is 2. The van der Waals surface area contributed by atoms with Crippen molar-refractivity contribution in [1.29, 1.82) is 0 Å². The number of methoxy groups -OCH3 is 1. The Balaban J connectivity index is 2.12. The minimum atomic E-state index is -4.60. The molecule has 1 aliphatic rings. The molecule has 1 aliphatic carbocycles. The molecule has 10 nitrogen and oxygen atoms in total. The fourth-order valence-electron chi connectivity index (χ4n) is 3.93. The topological polar surface area (TPSA) is 128 Å². The van der Waals surface area contributed by atoms with E-state index in [1.54, 1.807) is 0 Å². The number of hydrogen-bond acceptors (Lipinski definition) is 6. The molecule has 1 fully saturated rings. The highest BCUT2D eigenvalue weighted by Crippen LogP contribution is 2.29. The second-order valence-electron chi connectivity index (χ2n) is 7.60. The number of nitrogens with zero attached hydrogens (tertiary/aromatic N) is 3. The molecular formula is C18H26F3N5O5. The van der Waals surface area contributed by atoms with Crippen LogP contribution in [0.2, 0.25) is 0 Å². The van der Waals surface area contributed by atoms with E-state index in [4.69, 9.17) is 4.74 Å². The van der Waals surface area contributed by atoms with Gasteiger partial charge in [0.2, 0.25) is 11.6 Å². The molecule has 1 heterocycles. The first-order chi connectivity index (χ1) is 14.4. The molecule has 174 valence electrons. The van der Waals surface area contributed by atoms with Crippen LogP contribution < -0.4 is 10.6 Å². The quantitative estimate of drug-likeness (QED) is 0.438. The van der Waals surface area contributed by atoms with Crippen molar-refractivity contribution in [2.75, 3.05) is 13.7 Å². The van der Waals surface area contributed by atoms with Gasteiger partial charge in [0.1, 0.15) is 11.8 Å². The van der Waals surface area contributed by atoms with E-state index >= 15 is 0 Å². The van der Waals surface area contributed by atoms with Crippen LogP contribution in [0, 0.1) is 23.0 Å². The Morgan fingerprint density at radius 1 is 1.35 bits per heavy atom. The summed E-state index contributed by atoms with van der Waals surface area (Å²) in [6.45, 7) is 0.766. The van der Waals surface area contributed by atoms with Crippen LogP contribution in [0.15, 0.2) is 0 Å². The summed E-state index contributed by atoms with van der Waals surface area (Å²) in [5, 5.41) is 19.6. The van der Waals surface area contributed by atoms with E-state index in [9.17, 15) is 32.9 Å². The van der Waals surface area contributed by atoms with E-state index in [2.05, 4.69) is 15.7 Å². The first-order valence-corrected chi connectivity index (χ1v) is 9.80. The lowest BCUT2D eigenvalue weighted by atomic mass is 9.99. The molecule has 1 aromatic rings. The molecule has 13 heteroatoms. The van der Waals surface area contributed by atoms with Crippen molar-refractivity contribution >= 4 is 17.5 Å². The highest BCUT2D eigenvalue weighted by Gasteiger charge is 2.37. The minimum absolute atomic E-state index is 0.00251. The van der Waals surface area contributed by atoms with Crippen LogP contribution in [0.5, 0.6) is 0 Å². The predicted molar refractivity (Wildman–Crippen MR) is 102 cm³/mol. The van der Waals surface area contributed by atoms with E-state index in [1.165, 1.54) is 21.1 Å². The van der Waals surface area contributed by atoms with Crippen molar-refractivity contribution in [2.24, 2.45) is 13.0 Å². The fraction of sp³-hybridized carbons (Fsp3) is 0.722. The van der Waals surface area contributed by atoms with Gasteiger partial charge in [-0.05, 0) is 25.7 Å². The highest BCUT2D eigenvalue weighted by atomic mass is 19.4. The van der Waals surface area contributed by atoms with Crippen LogP contribution in [0.1, 0.15) is 48.3 Å². The molecule has 0 radical (unpaired) electrons. The largest absolute Gasteiger partial charge is 0.391 e. The van der Waals surface area contributed by atoms with Crippen LogP contribution in [0.3, 0.4) is 0 Å². The van der Waals surface area contributed by atoms with Gasteiger partial charge in [-0.2, -0.15) is 18.3 Å². The van der Waals surface area contributed by atoms with Crippen LogP contribution in [0.25, 0.3) is 0 Å². The second kappa shape index (κ2) is 10.1. The van der Waals surface area contributed by atoms with Gasteiger partial charge in [0.15, 0.2) is 0 Å². The Bertz CT molecular complexity index is 820. The molecule has 1 aromatic heterocycles. The van der Waals surface area contributed by atoms with Gasteiger partial charge in [-0.3, -0.25) is 24.4 Å². The summed E-state index contributed by atoms with van der Waals surface area (Å²) in [5.41, 5.74) is -0.922. The first-order valence-electron chi connectivity index (χ1n) is 9.80. The number of halogens is 3. The average molecular weight is 449 g/mol. The van der Waals surface area contributed by atoms with Crippen LogP contribution in [-0.4, -0.2) is 58.5 Å². The SMILES string of the molecule is COC(C(=O)NC(CNC(=O)c1c([N+](=O)[O-])c(C)nn1C)CC(F)(F)F)C1CCCC1. The zero-order chi connectivity index (χ0) is 23.3. The van der Waals surface area contributed by atoms with Gasteiger partial charge in [-0.25, -0.2) is 0 Å². The molecule has 2 N–H and O–H groups in total. The Morgan fingerprint density at radius 3 is 2.48 bits per heavy atom. The number of nitrogens with one attached hydrogen (secondary N) is 2. The monoisotopic (exact) mass is 449 g/mol. The van der Waals surface area contributed by atoms with Gasteiger partial charge in [0.05, 0.1) is 17.4 Å². The number of carbonyl (C=O) groups is 2. The maximum Gasteiger partial charge on any atom is 0.391 e. The van der Waals surface area contributed by atoms with Gasteiger partial charge in [-0.1, -0.05) is 12.8 Å². The summed E-state index contributed by atoms with van der Waals surface area (Å²) in [6, 6.07) is -1.47. The molecule has 2 unspecified atom stereocenters. The third-order valence-corrected chi connectivity index (χ3v) is 5.26. The van der Waals surface area contributed by atoms with Gasteiger partial charge < -0.3 is 15.4 Å². The third-order valence-electron chi connectivity index (χ3n) is 5.26. The molecule has 0 spiro atoms. The average Bonchev–Trinajstić information content (AvgIpc) is 3.26. The molecule has 0 bridgehead atoms. The Hall–Kier alpha value is -2.70. The maximum absolute atomic E-state index is 13.0. The summed E-state index contributed by atoms with van der Waals surface area (Å²) in [6.07, 6.45) is -3.53. The van der Waals surface area contributed by atoms with E-state index in [0.717, 1.165) is 30.4 Å². The summed E-state index contributed by atoms with van der Waals surface area (Å²) in [4.78, 5) is 35.5. The lowest BCUT2D eigenvalue weighted by Gasteiger charge is -2.26. The number of aromatic nitrogens is 2. The Kier molecular flexibility index (Phi) is 7.98. The number of amides is 2. The fourth-order valence-corrected chi connectivity index (χ4v) is 3.93. The van der Waals surface area contributed by atoms with Crippen LogP contribution >= 0.6 is 0 Å². The zero-order valence-corrected chi connectivity index (χ0v) is 17.5. The number of hydrogen-bond donors (Lipinski definition) is 2. The molecule has 0 aromatic carbocycles. The van der Waals surface area contributed by atoms with Gasteiger partial charge in [0, 0.05) is 20.7 Å². The standard InChI is InChI=1S/C18H26F3N5O5/c1-10-13(26(29)30)14(25(2)24-10)16(27)22-9-12(8-18(19,20)21)23-17(28)15(31-3)11-6-4-5-7-11/h11-12,15H,4-9H2,1-3H3,(H,22,27)(H,23,28). The number of ether oxygens (including phenoxy) is 1. The van der Waals surface area contributed by atoms with Crippen LogP contribution in [0.4, 0.5) is 18.9 Å². The van der Waals surface area contributed by atoms with Crippen molar-refractivity contribution in [3.8, 4) is 0 Å². The van der Waals surface area contributed by atoms with Gasteiger partial charge in [0.25, 0.3) is 5.91 Å². The van der Waals surface area contributed by atoms with Gasteiger partial charge in [-0.15, -0.1) is 0 Å². The van der Waals surface area contributed by atoms with E-state index in [-0.39, 0.29) is 17.3 Å². The third kappa shape index (κ3) is 6.39. The lowest BCUT2D eigenvalue weighted by molar-refractivity contribution is -0.385. The van der Waals surface area contributed by atoms with Crippen molar-refractivity contribution in [3.63, 3.8) is 0 Å². The van der Waals surface area contributed by atoms with Crippen molar-refractivity contribution in [1.82, 2.24) is 20.4 Å². The molecule has 2 amide bonds. The summed E-state index contributed by atoms with van der Waals surface area (Å²) in [5.74, 6) is -1.72. The van der Waals surface area contributed by atoms with E-state index in [0.29, 0.717) is 0 Å². The number of rotatable bonds is 9. The van der Waals surface area contributed by atoms with Crippen LogP contribution in [-0.2, 0) is 16.6 Å².